The molecule has 51 heavy (non-hydrogen) atoms. The number of hydrogen-bond donors (Lipinski definition) is 0. The quantitative estimate of drug-likeness (QED) is 0.164. The van der Waals surface area contributed by atoms with E-state index < -0.39 is 0 Å². The summed E-state index contributed by atoms with van der Waals surface area (Å²) in [6.45, 7) is 21.4. The van der Waals surface area contributed by atoms with E-state index in [-0.39, 0.29) is 23.0 Å². The highest BCUT2D eigenvalue weighted by molar-refractivity contribution is 7.25. The average molecular weight is 680 g/mol. The van der Waals surface area contributed by atoms with Gasteiger partial charge in [0.15, 0.2) is 0 Å². The monoisotopic (exact) mass is 679 g/mol. The van der Waals surface area contributed by atoms with E-state index >= 15 is 0 Å². The van der Waals surface area contributed by atoms with Crippen LogP contribution in [0.15, 0.2) is 115 Å². The van der Waals surface area contributed by atoms with Crippen LogP contribution in [0.25, 0.3) is 42.4 Å². The second kappa shape index (κ2) is 11.0. The molecule has 3 heterocycles. The van der Waals surface area contributed by atoms with E-state index in [1.54, 1.807) is 0 Å². The van der Waals surface area contributed by atoms with Crippen molar-refractivity contribution in [3.8, 4) is 22.3 Å². The van der Waals surface area contributed by atoms with Crippen molar-refractivity contribution in [2.75, 3.05) is 4.90 Å². The lowest BCUT2D eigenvalue weighted by Gasteiger charge is -2.41. The smallest absolute Gasteiger partial charge is 0.248 e. The fourth-order valence-corrected chi connectivity index (χ4v) is 10.0. The number of para-hydroxylation sites is 2. The number of fused-ring (bicyclic) bond motifs is 8. The number of thiophene rings is 1. The van der Waals surface area contributed by atoms with E-state index in [0.717, 1.165) is 0 Å². The summed E-state index contributed by atoms with van der Waals surface area (Å²) in [6, 6.07) is 44.3. The van der Waals surface area contributed by atoms with Crippen LogP contribution in [-0.2, 0) is 16.2 Å². The van der Waals surface area contributed by atoms with Crippen molar-refractivity contribution < 1.29 is 0 Å². The standard InChI is InChI=1S/C48H46BNS/c1-46(2,3)34-17-11-12-22-39(34)50-40-28-30(29-24-25-42-32(26-29)31-16-10-13-23-41(31)51-42)27-33-43-35(47(4,5)6)18-14-20-37(43)49(44(33)40)38-21-15-19-36(45(38)50)48(7,8)9/h10-28H,1-9H3. The molecular formula is C48H46BNS. The van der Waals surface area contributed by atoms with Crippen LogP contribution in [-0.4, -0.2) is 6.71 Å². The Balaban J connectivity index is 1.43. The predicted molar refractivity (Wildman–Crippen MR) is 226 cm³/mol. The Kier molecular flexibility index (Phi) is 6.94. The molecule has 0 unspecified atom stereocenters. The molecule has 3 heteroatoms. The van der Waals surface area contributed by atoms with Gasteiger partial charge in [0.1, 0.15) is 0 Å². The normalized spacial score (nSPS) is 13.9. The van der Waals surface area contributed by atoms with E-state index in [0.29, 0.717) is 0 Å². The van der Waals surface area contributed by atoms with Crippen LogP contribution in [0.5, 0.6) is 0 Å². The zero-order valence-electron chi connectivity index (χ0n) is 31.4. The summed E-state index contributed by atoms with van der Waals surface area (Å²) in [5, 5.41) is 2.68. The Bertz CT molecular complexity index is 2550. The molecule has 6 aromatic carbocycles. The lowest BCUT2D eigenvalue weighted by atomic mass is 9.36. The first-order chi connectivity index (χ1) is 24.2. The van der Waals surface area contributed by atoms with Gasteiger partial charge in [0.05, 0.1) is 0 Å². The summed E-state index contributed by atoms with van der Waals surface area (Å²) in [5.41, 5.74) is 17.6. The maximum Gasteiger partial charge on any atom is 0.248 e. The molecule has 0 saturated carbocycles. The van der Waals surface area contributed by atoms with Crippen molar-refractivity contribution in [3.05, 3.63) is 132 Å². The van der Waals surface area contributed by atoms with Gasteiger partial charge in [-0.1, -0.05) is 147 Å². The van der Waals surface area contributed by atoms with Crippen molar-refractivity contribution in [1.82, 2.24) is 0 Å². The highest BCUT2D eigenvalue weighted by Gasteiger charge is 2.46. The molecule has 0 bridgehead atoms. The summed E-state index contributed by atoms with van der Waals surface area (Å²) in [5.74, 6) is 0. The Morgan fingerprint density at radius 1 is 0.490 bits per heavy atom. The molecule has 252 valence electrons. The summed E-state index contributed by atoms with van der Waals surface area (Å²) in [6.07, 6.45) is 0. The molecule has 2 aliphatic rings. The minimum atomic E-state index is -0.0576. The van der Waals surface area contributed by atoms with Gasteiger partial charge in [0.25, 0.3) is 0 Å². The fraction of sp³-hybridized carbons (Fsp3) is 0.250. The van der Waals surface area contributed by atoms with Gasteiger partial charge in [-0.3, -0.25) is 0 Å². The average Bonchev–Trinajstić information content (AvgIpc) is 3.63. The van der Waals surface area contributed by atoms with Crippen molar-refractivity contribution in [3.63, 3.8) is 0 Å². The van der Waals surface area contributed by atoms with E-state index in [4.69, 9.17) is 0 Å². The SMILES string of the molecule is CC(C)(C)c1ccccc1N1c2cc(-c3ccc4sc5ccccc5c4c3)cc3c2B(c2cccc(C(C)(C)C)c2-3)c2cccc(C(C)(C)C)c21. The number of hydrogen-bond acceptors (Lipinski definition) is 2. The molecule has 0 atom stereocenters. The van der Waals surface area contributed by atoms with E-state index in [2.05, 4.69) is 182 Å². The van der Waals surface area contributed by atoms with Crippen molar-refractivity contribution in [2.24, 2.45) is 0 Å². The largest absolute Gasteiger partial charge is 0.311 e. The Morgan fingerprint density at radius 2 is 1.12 bits per heavy atom. The maximum absolute atomic E-state index is 2.66. The van der Waals surface area contributed by atoms with Gasteiger partial charge in [0, 0.05) is 37.2 Å². The molecular weight excluding hydrogens is 633 g/mol. The van der Waals surface area contributed by atoms with E-state index in [1.807, 2.05) is 11.3 Å². The van der Waals surface area contributed by atoms with Crippen LogP contribution >= 0.6 is 11.3 Å². The molecule has 0 aliphatic carbocycles. The molecule has 0 fully saturated rings. The maximum atomic E-state index is 2.66. The minimum absolute atomic E-state index is 0.00909. The Hall–Kier alpha value is -4.60. The van der Waals surface area contributed by atoms with E-state index in [9.17, 15) is 0 Å². The van der Waals surface area contributed by atoms with Gasteiger partial charge in [-0.15, -0.1) is 11.3 Å². The van der Waals surface area contributed by atoms with Gasteiger partial charge < -0.3 is 4.90 Å². The van der Waals surface area contributed by atoms with Crippen LogP contribution in [0.3, 0.4) is 0 Å². The van der Waals surface area contributed by atoms with Gasteiger partial charge in [-0.25, -0.2) is 0 Å². The zero-order valence-corrected chi connectivity index (χ0v) is 32.2. The minimum Gasteiger partial charge on any atom is -0.311 e. The molecule has 7 aromatic rings. The topological polar surface area (TPSA) is 3.24 Å². The molecule has 2 aliphatic heterocycles. The van der Waals surface area contributed by atoms with Crippen LogP contribution in [0.2, 0.25) is 0 Å². The molecule has 0 N–H and O–H groups in total. The lowest BCUT2D eigenvalue weighted by Crippen LogP contribution is -2.55. The van der Waals surface area contributed by atoms with Gasteiger partial charge in [-0.2, -0.15) is 0 Å². The third-order valence-electron chi connectivity index (χ3n) is 11.2. The second-order valence-corrected chi connectivity index (χ2v) is 18.9. The molecule has 0 saturated heterocycles. The molecule has 0 radical (unpaired) electrons. The number of anilines is 3. The number of benzene rings is 6. The predicted octanol–water partition coefficient (Wildman–Crippen LogP) is 11.9. The summed E-state index contributed by atoms with van der Waals surface area (Å²) in [7, 11) is 0. The lowest BCUT2D eigenvalue weighted by molar-refractivity contribution is 0.587. The third kappa shape index (κ3) is 4.88. The summed E-state index contributed by atoms with van der Waals surface area (Å²) in [4.78, 5) is 2.66. The fourth-order valence-electron chi connectivity index (χ4n) is 8.94. The highest BCUT2D eigenvalue weighted by Crippen LogP contribution is 2.49. The van der Waals surface area contributed by atoms with Crippen LogP contribution in [0.4, 0.5) is 17.1 Å². The van der Waals surface area contributed by atoms with Gasteiger partial charge in [0.2, 0.25) is 6.71 Å². The first-order valence-corrected chi connectivity index (χ1v) is 19.3. The van der Waals surface area contributed by atoms with Gasteiger partial charge >= 0.3 is 0 Å². The molecule has 0 amide bonds. The van der Waals surface area contributed by atoms with Crippen LogP contribution in [0.1, 0.15) is 79.0 Å². The Morgan fingerprint density at radius 3 is 1.86 bits per heavy atom. The Labute approximate surface area is 308 Å². The number of nitrogens with zero attached hydrogens (tertiary/aromatic N) is 1. The van der Waals surface area contributed by atoms with Crippen molar-refractivity contribution in [2.45, 2.75) is 78.6 Å². The highest BCUT2D eigenvalue weighted by atomic mass is 32.1. The third-order valence-corrected chi connectivity index (χ3v) is 12.4. The first-order valence-electron chi connectivity index (χ1n) is 18.5. The van der Waals surface area contributed by atoms with E-state index in [1.165, 1.54) is 92.6 Å². The molecule has 1 aromatic heterocycles. The molecule has 9 rings (SSSR count). The van der Waals surface area contributed by atoms with Gasteiger partial charge in [-0.05, 0) is 103 Å². The first kappa shape index (κ1) is 32.3. The van der Waals surface area contributed by atoms with Crippen LogP contribution in [0, 0.1) is 0 Å². The van der Waals surface area contributed by atoms with Crippen molar-refractivity contribution >= 4 is 71.7 Å². The zero-order chi connectivity index (χ0) is 35.6. The second-order valence-electron chi connectivity index (χ2n) is 17.8. The molecule has 0 spiro atoms. The van der Waals surface area contributed by atoms with Crippen molar-refractivity contribution in [1.29, 1.82) is 0 Å². The summed E-state index contributed by atoms with van der Waals surface area (Å²) >= 11 is 1.89. The summed E-state index contributed by atoms with van der Waals surface area (Å²) < 4.78 is 2.68. The number of rotatable bonds is 2. The van der Waals surface area contributed by atoms with Crippen LogP contribution < -0.4 is 21.3 Å². The molecule has 1 nitrogen and oxygen atoms in total.